The molecule has 2 heteroatoms. The Morgan fingerprint density at radius 3 is 2.78 bits per heavy atom. The van der Waals surface area contributed by atoms with E-state index in [4.69, 9.17) is 16.3 Å². The van der Waals surface area contributed by atoms with E-state index in [9.17, 15) is 0 Å². The molecule has 1 aliphatic carbocycles. The molecule has 0 N–H and O–H groups in total. The first-order valence-corrected chi connectivity index (χ1v) is 6.66. The average Bonchev–Trinajstić information content (AvgIpc) is 2.37. The maximum Gasteiger partial charge on any atom is 0.0473 e. The van der Waals surface area contributed by atoms with Crippen LogP contribution in [0, 0.1) is 6.92 Å². The van der Waals surface area contributed by atoms with E-state index in [2.05, 4.69) is 43.4 Å². The summed E-state index contributed by atoms with van der Waals surface area (Å²) in [5, 5.41) is 0.853. The van der Waals surface area contributed by atoms with Gasteiger partial charge in [-0.2, -0.15) is 0 Å². The highest BCUT2D eigenvalue weighted by Crippen LogP contribution is 2.40. The average molecular weight is 263 g/mol. The number of methoxy groups -OCH3 is 1. The SMILES string of the molecule is COCCC1(c2ccc(C)cc2Cl)C=CC=CC1. The number of rotatable bonds is 4. The summed E-state index contributed by atoms with van der Waals surface area (Å²) < 4.78 is 5.25. The van der Waals surface area contributed by atoms with E-state index in [0.717, 1.165) is 24.5 Å². The summed E-state index contributed by atoms with van der Waals surface area (Å²) in [7, 11) is 1.74. The van der Waals surface area contributed by atoms with Crippen molar-refractivity contribution in [2.24, 2.45) is 0 Å². The van der Waals surface area contributed by atoms with Crippen LogP contribution in [0.25, 0.3) is 0 Å². The molecule has 2 rings (SSSR count). The first-order chi connectivity index (χ1) is 8.68. The van der Waals surface area contributed by atoms with Crippen molar-refractivity contribution < 1.29 is 4.74 Å². The van der Waals surface area contributed by atoms with E-state index in [1.807, 2.05) is 6.07 Å². The van der Waals surface area contributed by atoms with Crippen LogP contribution in [0.15, 0.2) is 42.5 Å². The molecule has 1 aromatic carbocycles. The van der Waals surface area contributed by atoms with Gasteiger partial charge >= 0.3 is 0 Å². The summed E-state index contributed by atoms with van der Waals surface area (Å²) in [6.45, 7) is 2.80. The second kappa shape index (κ2) is 5.73. The Bertz CT molecular complexity index is 476. The van der Waals surface area contributed by atoms with Gasteiger partial charge < -0.3 is 4.74 Å². The smallest absolute Gasteiger partial charge is 0.0473 e. The lowest BCUT2D eigenvalue weighted by atomic mass is 9.73. The van der Waals surface area contributed by atoms with Crippen LogP contribution in [0.5, 0.6) is 0 Å². The summed E-state index contributed by atoms with van der Waals surface area (Å²) in [6, 6.07) is 6.32. The minimum absolute atomic E-state index is 0.0183. The van der Waals surface area contributed by atoms with Gasteiger partial charge in [0.05, 0.1) is 0 Å². The molecule has 0 aromatic heterocycles. The minimum Gasteiger partial charge on any atom is -0.385 e. The molecule has 1 atom stereocenters. The van der Waals surface area contributed by atoms with Crippen LogP contribution in [0.2, 0.25) is 5.02 Å². The van der Waals surface area contributed by atoms with Crippen molar-refractivity contribution in [2.45, 2.75) is 25.2 Å². The molecule has 96 valence electrons. The highest BCUT2D eigenvalue weighted by atomic mass is 35.5. The van der Waals surface area contributed by atoms with Crippen molar-refractivity contribution in [2.75, 3.05) is 13.7 Å². The summed E-state index contributed by atoms with van der Waals surface area (Å²) in [4.78, 5) is 0. The summed E-state index contributed by atoms with van der Waals surface area (Å²) in [6.07, 6.45) is 10.6. The predicted molar refractivity (Wildman–Crippen MR) is 77.3 cm³/mol. The number of benzene rings is 1. The lowest BCUT2D eigenvalue weighted by Gasteiger charge is -2.32. The second-order valence-electron chi connectivity index (χ2n) is 4.87. The molecule has 0 radical (unpaired) electrons. The Hall–Kier alpha value is -1.05. The third kappa shape index (κ3) is 2.68. The van der Waals surface area contributed by atoms with Gasteiger partial charge in [-0.1, -0.05) is 48.0 Å². The van der Waals surface area contributed by atoms with E-state index in [1.54, 1.807) is 7.11 Å². The van der Waals surface area contributed by atoms with Gasteiger partial charge in [0.2, 0.25) is 0 Å². The van der Waals surface area contributed by atoms with Crippen molar-refractivity contribution in [3.63, 3.8) is 0 Å². The second-order valence-corrected chi connectivity index (χ2v) is 5.28. The largest absolute Gasteiger partial charge is 0.385 e. The van der Waals surface area contributed by atoms with Gasteiger partial charge in [-0.15, -0.1) is 0 Å². The van der Waals surface area contributed by atoms with Gasteiger partial charge in [-0.3, -0.25) is 0 Å². The van der Waals surface area contributed by atoms with Gasteiger partial charge in [0.1, 0.15) is 0 Å². The Morgan fingerprint density at radius 1 is 1.33 bits per heavy atom. The number of hydrogen-bond acceptors (Lipinski definition) is 1. The van der Waals surface area contributed by atoms with Gasteiger partial charge in [0.25, 0.3) is 0 Å². The Morgan fingerprint density at radius 2 is 2.17 bits per heavy atom. The summed E-state index contributed by atoms with van der Waals surface area (Å²) in [5.74, 6) is 0. The molecule has 0 saturated carbocycles. The number of ether oxygens (including phenoxy) is 1. The first-order valence-electron chi connectivity index (χ1n) is 6.28. The molecule has 1 unspecified atom stereocenters. The van der Waals surface area contributed by atoms with Crippen molar-refractivity contribution >= 4 is 11.6 Å². The number of halogens is 1. The Labute approximate surface area is 114 Å². The third-order valence-corrected chi connectivity index (χ3v) is 3.87. The van der Waals surface area contributed by atoms with Crippen LogP contribution in [0.4, 0.5) is 0 Å². The quantitative estimate of drug-likeness (QED) is 0.780. The van der Waals surface area contributed by atoms with Crippen molar-refractivity contribution in [3.8, 4) is 0 Å². The predicted octanol–water partition coefficient (Wildman–Crippen LogP) is 4.44. The molecule has 0 saturated heterocycles. The number of hydrogen-bond donors (Lipinski definition) is 0. The molecule has 0 heterocycles. The monoisotopic (exact) mass is 262 g/mol. The molecular weight excluding hydrogens is 244 g/mol. The zero-order valence-electron chi connectivity index (χ0n) is 10.9. The molecule has 0 bridgehead atoms. The lowest BCUT2D eigenvalue weighted by molar-refractivity contribution is 0.176. The van der Waals surface area contributed by atoms with Crippen molar-refractivity contribution in [1.82, 2.24) is 0 Å². The normalized spacial score (nSPS) is 22.4. The molecule has 1 aliphatic rings. The molecule has 1 nitrogen and oxygen atoms in total. The first kappa shape index (κ1) is 13.4. The molecule has 1 aromatic rings. The van der Waals surface area contributed by atoms with E-state index >= 15 is 0 Å². The molecule has 18 heavy (non-hydrogen) atoms. The van der Waals surface area contributed by atoms with Gasteiger partial charge in [0.15, 0.2) is 0 Å². The highest BCUT2D eigenvalue weighted by molar-refractivity contribution is 6.31. The van der Waals surface area contributed by atoms with Crippen LogP contribution >= 0.6 is 11.6 Å². The van der Waals surface area contributed by atoms with Gasteiger partial charge in [-0.05, 0) is 37.0 Å². The third-order valence-electron chi connectivity index (χ3n) is 3.56. The zero-order chi connectivity index (χ0) is 13.0. The highest BCUT2D eigenvalue weighted by Gasteiger charge is 2.30. The van der Waals surface area contributed by atoms with Crippen molar-refractivity contribution in [1.29, 1.82) is 0 Å². The lowest BCUT2D eigenvalue weighted by Crippen LogP contribution is -2.26. The Balaban J connectivity index is 2.39. The summed E-state index contributed by atoms with van der Waals surface area (Å²) in [5.41, 5.74) is 2.38. The zero-order valence-corrected chi connectivity index (χ0v) is 11.7. The standard InChI is InChI=1S/C16H19ClO/c1-13-6-7-14(15(17)12-13)16(10-11-18-2)8-4-3-5-9-16/h3-8,12H,9-11H2,1-2H3. The maximum absolute atomic E-state index is 6.43. The van der Waals surface area contributed by atoms with Crippen molar-refractivity contribution in [3.05, 3.63) is 58.7 Å². The van der Waals surface area contributed by atoms with Crippen LogP contribution in [-0.2, 0) is 10.2 Å². The Kier molecular flexibility index (Phi) is 4.26. The summed E-state index contributed by atoms with van der Waals surface area (Å²) >= 11 is 6.43. The molecule has 0 spiro atoms. The topological polar surface area (TPSA) is 9.23 Å². The van der Waals surface area contributed by atoms with Crippen LogP contribution in [0.1, 0.15) is 24.0 Å². The fourth-order valence-corrected chi connectivity index (χ4v) is 2.92. The fourth-order valence-electron chi connectivity index (χ4n) is 2.49. The van der Waals surface area contributed by atoms with E-state index in [1.165, 1.54) is 11.1 Å². The number of allylic oxidation sites excluding steroid dienone is 4. The van der Waals surface area contributed by atoms with Crippen LogP contribution in [0.3, 0.4) is 0 Å². The van der Waals surface area contributed by atoms with Crippen LogP contribution < -0.4 is 0 Å². The van der Waals surface area contributed by atoms with E-state index in [-0.39, 0.29) is 5.41 Å². The number of aryl methyl sites for hydroxylation is 1. The fraction of sp³-hybridized carbons (Fsp3) is 0.375. The molecule has 0 fully saturated rings. The van der Waals surface area contributed by atoms with E-state index in [0.29, 0.717) is 0 Å². The maximum atomic E-state index is 6.43. The van der Waals surface area contributed by atoms with Crippen LogP contribution in [-0.4, -0.2) is 13.7 Å². The molecule has 0 aliphatic heterocycles. The van der Waals surface area contributed by atoms with E-state index < -0.39 is 0 Å². The van der Waals surface area contributed by atoms with Gasteiger partial charge in [-0.25, -0.2) is 0 Å². The molecular formula is C16H19ClO. The minimum atomic E-state index is -0.0183. The van der Waals surface area contributed by atoms with Gasteiger partial charge in [0, 0.05) is 24.2 Å². The molecule has 0 amide bonds.